The maximum Gasteiger partial charge on any atom is 0.269 e. The Balaban J connectivity index is 1.45. The van der Waals surface area contributed by atoms with Gasteiger partial charge in [-0.2, -0.15) is 0 Å². The van der Waals surface area contributed by atoms with E-state index < -0.39 is 26.3 Å². The van der Waals surface area contributed by atoms with Crippen LogP contribution in [0.4, 0.5) is 0 Å². The summed E-state index contributed by atoms with van der Waals surface area (Å²) in [5.74, 6) is 3.11. The van der Waals surface area contributed by atoms with Gasteiger partial charge in [-0.15, -0.1) is 0 Å². The van der Waals surface area contributed by atoms with Gasteiger partial charge in [0.15, 0.2) is 5.94 Å². The molecular formula is C38H41N3O6S. The van der Waals surface area contributed by atoms with E-state index in [-0.39, 0.29) is 23.5 Å². The number of hydrogen-bond donors (Lipinski definition) is 3. The van der Waals surface area contributed by atoms with E-state index >= 15 is 0 Å². The minimum Gasteiger partial charge on any atom is -0.456 e. The molecule has 0 bridgehead atoms. The van der Waals surface area contributed by atoms with Crippen LogP contribution in [0.1, 0.15) is 104 Å². The molecule has 0 radical (unpaired) electrons. The maximum absolute atomic E-state index is 14.8. The molecule has 2 aliphatic carbocycles. The van der Waals surface area contributed by atoms with Gasteiger partial charge in [0.05, 0.1) is 11.3 Å². The highest BCUT2D eigenvalue weighted by molar-refractivity contribution is 7.91. The Morgan fingerprint density at radius 3 is 2.58 bits per heavy atom. The van der Waals surface area contributed by atoms with Crippen LogP contribution in [0.5, 0.6) is 11.5 Å². The van der Waals surface area contributed by atoms with Gasteiger partial charge in [-0.05, 0) is 119 Å². The standard InChI is InChI=1S/C38H41N3O6S/c1-7-39-36(43)32-20-27-16-18-40-31(22-42)34(27)41(32)48(45,46)38(6)17-15-26(19-24(38)3)30-21-28(37(4,5)44)13-14-33(30)47-35-23(2)9-8-10-29(35)25-11-12-25/h8-10,13-16,18-21,25,40,44H,7,11-12,17H2,1-6H3,(H,39,43). The van der Waals surface area contributed by atoms with Gasteiger partial charge in [0.25, 0.3) is 5.91 Å². The average molecular weight is 668 g/mol. The second-order valence-corrected chi connectivity index (χ2v) is 15.7. The molecule has 1 fully saturated rings. The molecule has 1 aromatic heterocycles. The van der Waals surface area contributed by atoms with Crippen molar-refractivity contribution in [2.75, 3.05) is 6.54 Å². The molecule has 9 nitrogen and oxygen atoms in total. The number of nitrogens with one attached hydrogen (secondary N) is 2. The molecule has 1 unspecified atom stereocenters. The molecule has 250 valence electrons. The number of carbonyl (C=O) groups is 1. The minimum atomic E-state index is -4.36. The average Bonchev–Trinajstić information content (AvgIpc) is 3.81. The number of aryl methyl sites for hydroxylation is 1. The van der Waals surface area contributed by atoms with Crippen LogP contribution in [-0.4, -0.2) is 40.6 Å². The number of nitrogens with zero attached hydrogens (tertiary/aromatic N) is 1. The third-order valence-corrected chi connectivity index (χ3v) is 12.1. The predicted molar refractivity (Wildman–Crippen MR) is 188 cm³/mol. The van der Waals surface area contributed by atoms with Crippen LogP contribution in [0.3, 0.4) is 0 Å². The largest absolute Gasteiger partial charge is 0.456 e. The lowest BCUT2D eigenvalue weighted by Crippen LogP contribution is -2.44. The lowest BCUT2D eigenvalue weighted by Gasteiger charge is -2.34. The van der Waals surface area contributed by atoms with Gasteiger partial charge in [0.1, 0.15) is 27.6 Å². The maximum atomic E-state index is 14.8. The molecule has 6 rings (SSSR count). The summed E-state index contributed by atoms with van der Waals surface area (Å²) in [6.45, 7) is 10.9. The Labute approximate surface area is 281 Å². The van der Waals surface area contributed by atoms with E-state index in [1.54, 1.807) is 46.6 Å². The molecular weight excluding hydrogens is 627 g/mol. The van der Waals surface area contributed by atoms with Gasteiger partial charge >= 0.3 is 0 Å². The number of aliphatic hydroxyl groups is 1. The van der Waals surface area contributed by atoms with Crippen LogP contribution in [0.15, 0.2) is 66.4 Å². The lowest BCUT2D eigenvalue weighted by atomic mass is 9.86. The number of aromatic nitrogens is 1. The van der Waals surface area contributed by atoms with Crippen LogP contribution in [-0.2, 0) is 20.4 Å². The summed E-state index contributed by atoms with van der Waals surface area (Å²) in [6, 6.07) is 13.3. The third-order valence-electron chi connectivity index (χ3n) is 9.58. The summed E-state index contributed by atoms with van der Waals surface area (Å²) < 4.78 is 35.8. The molecule has 1 atom stereocenters. The molecule has 2 heterocycles. The van der Waals surface area contributed by atoms with E-state index in [0.717, 1.165) is 39.3 Å². The van der Waals surface area contributed by atoms with Crippen LogP contribution < -0.4 is 15.4 Å². The fourth-order valence-corrected chi connectivity index (χ4v) is 8.37. The highest BCUT2D eigenvalue weighted by Crippen LogP contribution is 2.48. The number of hydrogen-bond acceptors (Lipinski definition) is 7. The number of allylic oxidation sites excluding steroid dienone is 3. The molecule has 48 heavy (non-hydrogen) atoms. The Kier molecular flexibility index (Phi) is 8.40. The number of benzene rings is 2. The van der Waals surface area contributed by atoms with E-state index in [4.69, 9.17) is 4.74 Å². The Hall–Kier alpha value is -4.63. The van der Waals surface area contributed by atoms with E-state index in [1.165, 1.54) is 17.8 Å². The molecule has 1 saturated carbocycles. The van der Waals surface area contributed by atoms with Gasteiger partial charge in [-0.3, -0.25) is 4.79 Å². The molecule has 2 aromatic carbocycles. The molecule has 10 heteroatoms. The quantitative estimate of drug-likeness (QED) is 0.221. The predicted octanol–water partition coefficient (Wildman–Crippen LogP) is 6.56. The zero-order chi connectivity index (χ0) is 34.6. The number of fused-ring (bicyclic) bond motifs is 1. The summed E-state index contributed by atoms with van der Waals surface area (Å²) in [5.41, 5.74) is 4.07. The van der Waals surface area contributed by atoms with Crippen molar-refractivity contribution < 1.29 is 27.9 Å². The Bertz CT molecular complexity index is 2090. The smallest absolute Gasteiger partial charge is 0.269 e. The number of amides is 1. The van der Waals surface area contributed by atoms with E-state index in [1.807, 2.05) is 49.4 Å². The Morgan fingerprint density at radius 2 is 1.94 bits per heavy atom. The van der Waals surface area contributed by atoms with Crippen molar-refractivity contribution in [2.24, 2.45) is 0 Å². The van der Waals surface area contributed by atoms with Crippen molar-refractivity contribution in [1.82, 2.24) is 14.6 Å². The molecule has 1 amide bonds. The molecule has 3 aromatic rings. The topological polar surface area (TPSA) is 127 Å². The van der Waals surface area contributed by atoms with E-state index in [2.05, 4.69) is 16.7 Å². The van der Waals surface area contributed by atoms with Crippen molar-refractivity contribution in [2.45, 2.75) is 77.1 Å². The van der Waals surface area contributed by atoms with Crippen molar-refractivity contribution in [1.29, 1.82) is 0 Å². The van der Waals surface area contributed by atoms with E-state index in [0.29, 0.717) is 34.9 Å². The van der Waals surface area contributed by atoms with Crippen molar-refractivity contribution in [3.8, 4) is 11.5 Å². The first-order valence-corrected chi connectivity index (χ1v) is 17.7. The first kappa shape index (κ1) is 33.3. The zero-order valence-corrected chi connectivity index (χ0v) is 28.9. The fraction of sp³-hybridized carbons (Fsp3) is 0.342. The summed E-state index contributed by atoms with van der Waals surface area (Å²) in [7, 11) is -4.36. The Morgan fingerprint density at radius 1 is 1.19 bits per heavy atom. The SMILES string of the molecule is CCNC(=O)c1cc2c(n1S(=O)(=O)C1(C)CC=C(c3cc(C(C)(C)O)ccc3Oc3c(C)cccc3C3CC3)C=C1C)C(=C=O)NC=C2. The van der Waals surface area contributed by atoms with Gasteiger partial charge in [-0.25, -0.2) is 17.2 Å². The van der Waals surface area contributed by atoms with Crippen LogP contribution in [0.25, 0.3) is 17.3 Å². The third kappa shape index (κ3) is 5.64. The first-order chi connectivity index (χ1) is 22.7. The monoisotopic (exact) mass is 667 g/mol. The van der Waals surface area contributed by atoms with Crippen molar-refractivity contribution in [3.05, 3.63) is 106 Å². The van der Waals surface area contributed by atoms with Crippen LogP contribution in [0, 0.1) is 6.92 Å². The molecule has 0 spiro atoms. The summed E-state index contributed by atoms with van der Waals surface area (Å²) in [6.07, 6.45) is 9.12. The summed E-state index contributed by atoms with van der Waals surface area (Å²) in [4.78, 5) is 25.2. The normalized spacial score (nSPS) is 19.1. The molecule has 3 aliphatic rings. The van der Waals surface area contributed by atoms with Gasteiger partial charge in [0.2, 0.25) is 10.0 Å². The fourth-order valence-electron chi connectivity index (χ4n) is 6.38. The lowest BCUT2D eigenvalue weighted by molar-refractivity contribution is 0.0785. The summed E-state index contributed by atoms with van der Waals surface area (Å²) >= 11 is 0. The highest BCUT2D eigenvalue weighted by Gasteiger charge is 2.46. The van der Waals surface area contributed by atoms with Crippen molar-refractivity contribution in [3.63, 3.8) is 0 Å². The number of para-hydroxylation sites is 1. The first-order valence-electron chi connectivity index (χ1n) is 16.2. The molecule has 3 N–H and O–H groups in total. The van der Waals surface area contributed by atoms with Crippen LogP contribution in [0.2, 0.25) is 0 Å². The molecule has 1 aliphatic heterocycles. The van der Waals surface area contributed by atoms with Gasteiger partial charge < -0.3 is 20.5 Å². The number of rotatable bonds is 9. The van der Waals surface area contributed by atoms with Gasteiger partial charge in [0, 0.05) is 23.9 Å². The highest BCUT2D eigenvalue weighted by atomic mass is 32.2. The number of ether oxygens (including phenoxy) is 1. The minimum absolute atomic E-state index is 0.0656. The van der Waals surface area contributed by atoms with Gasteiger partial charge in [-0.1, -0.05) is 36.4 Å². The number of carbonyl (C=O) groups excluding carboxylic acids is 2. The second kappa shape index (κ2) is 12.1. The van der Waals surface area contributed by atoms with E-state index in [9.17, 15) is 23.1 Å². The van der Waals surface area contributed by atoms with Crippen LogP contribution >= 0.6 is 0 Å². The zero-order valence-electron chi connectivity index (χ0n) is 28.1. The second-order valence-electron chi connectivity index (χ2n) is 13.5. The summed E-state index contributed by atoms with van der Waals surface area (Å²) in [5, 5.41) is 16.4. The van der Waals surface area contributed by atoms with Crippen molar-refractivity contribution >= 4 is 39.2 Å². The molecule has 0 saturated heterocycles.